The molecule has 1 aromatic rings. The predicted octanol–water partition coefficient (Wildman–Crippen LogP) is 6.85. The summed E-state index contributed by atoms with van der Waals surface area (Å²) in [6.45, 7) is 2.52. The number of benzene rings is 1. The molecular weight excluding hydrogens is 363 g/mol. The third-order valence-corrected chi connectivity index (χ3v) is 6.24. The van der Waals surface area contributed by atoms with Crippen LogP contribution in [0.3, 0.4) is 0 Å². The molecule has 1 aromatic carbocycles. The lowest BCUT2D eigenvalue weighted by Gasteiger charge is -2.38. The van der Waals surface area contributed by atoms with Gasteiger partial charge in [0.25, 0.3) is 0 Å². The van der Waals surface area contributed by atoms with Gasteiger partial charge in [0.05, 0.1) is 12.7 Å². The Morgan fingerprint density at radius 1 is 0.963 bits per heavy atom. The quantitative estimate of drug-likeness (QED) is 0.511. The highest BCUT2D eigenvalue weighted by molar-refractivity contribution is 5.30. The molecule has 152 valence electrons. The molecule has 0 bridgehead atoms. The lowest BCUT2D eigenvalue weighted by molar-refractivity contribution is -0.142. The minimum atomic E-state index is -5.03. The molecule has 2 aliphatic rings. The average molecular weight is 390 g/mol. The van der Waals surface area contributed by atoms with E-state index in [4.69, 9.17) is 4.74 Å². The van der Waals surface area contributed by atoms with Crippen molar-refractivity contribution in [1.82, 2.24) is 0 Å². The van der Waals surface area contributed by atoms with Crippen LogP contribution in [-0.2, 0) is 10.9 Å². The SMILES string of the molecule is CCCC1CCC(C2CCC(c3cc(F)c(C(F)(F)F)c(F)c3)CO2)CC1. The highest BCUT2D eigenvalue weighted by Gasteiger charge is 2.39. The number of hydrogen-bond acceptors (Lipinski definition) is 1. The molecule has 0 amide bonds. The van der Waals surface area contributed by atoms with Gasteiger partial charge in [-0.15, -0.1) is 0 Å². The second-order valence-electron chi connectivity index (χ2n) is 8.07. The summed E-state index contributed by atoms with van der Waals surface area (Å²) in [7, 11) is 0. The van der Waals surface area contributed by atoms with Gasteiger partial charge in [0, 0.05) is 5.92 Å². The average Bonchev–Trinajstić information content (AvgIpc) is 2.61. The first-order valence-corrected chi connectivity index (χ1v) is 9.97. The first kappa shape index (κ1) is 20.6. The minimum absolute atomic E-state index is 0.160. The van der Waals surface area contributed by atoms with Crippen molar-refractivity contribution < 1.29 is 26.7 Å². The number of halogens is 5. The molecule has 1 aliphatic carbocycles. The van der Waals surface area contributed by atoms with Gasteiger partial charge in [-0.05, 0) is 55.2 Å². The molecule has 1 aliphatic heterocycles. The van der Waals surface area contributed by atoms with Gasteiger partial charge in [-0.3, -0.25) is 0 Å². The summed E-state index contributed by atoms with van der Waals surface area (Å²) in [5.41, 5.74) is -1.56. The molecule has 0 spiro atoms. The van der Waals surface area contributed by atoms with Crippen LogP contribution in [0.4, 0.5) is 22.0 Å². The van der Waals surface area contributed by atoms with Gasteiger partial charge >= 0.3 is 6.18 Å². The van der Waals surface area contributed by atoms with Gasteiger partial charge < -0.3 is 4.74 Å². The molecule has 2 atom stereocenters. The van der Waals surface area contributed by atoms with E-state index in [1.807, 2.05) is 0 Å². The summed E-state index contributed by atoms with van der Waals surface area (Å²) in [4.78, 5) is 0. The van der Waals surface area contributed by atoms with E-state index in [1.165, 1.54) is 25.7 Å². The molecule has 0 N–H and O–H groups in total. The monoisotopic (exact) mass is 390 g/mol. The topological polar surface area (TPSA) is 9.23 Å². The van der Waals surface area contributed by atoms with Crippen LogP contribution in [0.25, 0.3) is 0 Å². The van der Waals surface area contributed by atoms with Gasteiger partial charge in [-0.1, -0.05) is 32.6 Å². The minimum Gasteiger partial charge on any atom is -0.377 e. The number of hydrogen-bond donors (Lipinski definition) is 0. The van der Waals surface area contributed by atoms with Crippen LogP contribution in [0.5, 0.6) is 0 Å². The Kier molecular flexibility index (Phi) is 6.44. The largest absolute Gasteiger partial charge is 0.422 e. The van der Waals surface area contributed by atoms with E-state index in [-0.39, 0.29) is 17.6 Å². The van der Waals surface area contributed by atoms with Crippen LogP contribution >= 0.6 is 0 Å². The molecule has 0 aromatic heterocycles. The van der Waals surface area contributed by atoms with Crippen LogP contribution in [0, 0.1) is 23.5 Å². The van der Waals surface area contributed by atoms with E-state index >= 15 is 0 Å². The third kappa shape index (κ3) is 4.82. The van der Waals surface area contributed by atoms with Crippen LogP contribution in [-0.4, -0.2) is 12.7 Å². The molecule has 6 heteroatoms. The van der Waals surface area contributed by atoms with Crippen molar-refractivity contribution in [2.24, 2.45) is 11.8 Å². The fourth-order valence-corrected chi connectivity index (χ4v) is 4.76. The van der Waals surface area contributed by atoms with E-state index in [0.717, 1.165) is 37.3 Å². The maximum atomic E-state index is 13.8. The normalized spacial score (nSPS) is 29.7. The summed E-state index contributed by atoms with van der Waals surface area (Å²) < 4.78 is 71.8. The summed E-state index contributed by atoms with van der Waals surface area (Å²) in [6.07, 6.45) is 3.89. The first-order chi connectivity index (χ1) is 12.8. The van der Waals surface area contributed by atoms with Crippen LogP contribution in [0.2, 0.25) is 0 Å². The molecule has 1 heterocycles. The molecule has 1 saturated heterocycles. The van der Waals surface area contributed by atoms with E-state index < -0.39 is 23.4 Å². The number of ether oxygens (including phenoxy) is 1. The van der Waals surface area contributed by atoms with Gasteiger partial charge in [0.15, 0.2) is 0 Å². The van der Waals surface area contributed by atoms with Crippen molar-refractivity contribution in [3.05, 3.63) is 34.9 Å². The van der Waals surface area contributed by atoms with Crippen molar-refractivity contribution >= 4 is 0 Å². The van der Waals surface area contributed by atoms with Crippen LogP contribution in [0.1, 0.15) is 75.3 Å². The summed E-state index contributed by atoms with van der Waals surface area (Å²) in [6, 6.07) is 1.63. The second-order valence-corrected chi connectivity index (χ2v) is 8.07. The van der Waals surface area contributed by atoms with Crippen molar-refractivity contribution in [1.29, 1.82) is 0 Å². The highest BCUT2D eigenvalue weighted by atomic mass is 19.4. The van der Waals surface area contributed by atoms with E-state index in [0.29, 0.717) is 18.9 Å². The van der Waals surface area contributed by atoms with E-state index in [2.05, 4.69) is 6.92 Å². The summed E-state index contributed by atoms with van der Waals surface area (Å²) in [5, 5.41) is 0. The standard InChI is InChI=1S/C21H27F5O/c1-2-3-13-4-6-14(7-5-13)19-9-8-15(12-27-19)16-10-17(22)20(18(23)11-16)21(24,25)26/h10-11,13-15,19H,2-9,12H2,1H3. The number of rotatable bonds is 4. The molecule has 3 rings (SSSR count). The molecule has 2 fully saturated rings. The maximum Gasteiger partial charge on any atom is 0.422 e. The smallest absolute Gasteiger partial charge is 0.377 e. The van der Waals surface area contributed by atoms with Crippen molar-refractivity contribution in [3.63, 3.8) is 0 Å². The maximum absolute atomic E-state index is 13.8. The van der Waals surface area contributed by atoms with E-state index in [1.54, 1.807) is 0 Å². The Morgan fingerprint density at radius 2 is 1.59 bits per heavy atom. The van der Waals surface area contributed by atoms with Crippen molar-refractivity contribution in [2.45, 2.75) is 76.5 Å². The Morgan fingerprint density at radius 3 is 2.07 bits per heavy atom. The lowest BCUT2D eigenvalue weighted by Crippen LogP contribution is -2.33. The first-order valence-electron chi connectivity index (χ1n) is 9.97. The summed E-state index contributed by atoms with van der Waals surface area (Å²) >= 11 is 0. The molecule has 27 heavy (non-hydrogen) atoms. The van der Waals surface area contributed by atoms with Gasteiger partial charge in [-0.2, -0.15) is 13.2 Å². The molecular formula is C21H27F5O. The van der Waals surface area contributed by atoms with Gasteiger partial charge in [0.2, 0.25) is 0 Å². The lowest BCUT2D eigenvalue weighted by atomic mass is 9.75. The predicted molar refractivity (Wildman–Crippen MR) is 93.4 cm³/mol. The zero-order valence-electron chi connectivity index (χ0n) is 15.6. The Bertz CT molecular complexity index is 603. The Labute approximate surface area is 157 Å². The zero-order valence-corrected chi connectivity index (χ0v) is 15.6. The highest BCUT2D eigenvalue weighted by Crippen LogP contribution is 2.40. The van der Waals surface area contributed by atoms with Crippen LogP contribution in [0.15, 0.2) is 12.1 Å². The van der Waals surface area contributed by atoms with Gasteiger partial charge in [-0.25, -0.2) is 8.78 Å². The van der Waals surface area contributed by atoms with Crippen molar-refractivity contribution in [2.75, 3.05) is 6.61 Å². The molecule has 2 unspecified atom stereocenters. The third-order valence-electron chi connectivity index (χ3n) is 6.24. The van der Waals surface area contributed by atoms with Gasteiger partial charge in [0.1, 0.15) is 17.2 Å². The zero-order chi connectivity index (χ0) is 19.6. The Hall–Kier alpha value is -1.17. The fourth-order valence-electron chi connectivity index (χ4n) is 4.76. The summed E-state index contributed by atoms with van der Waals surface area (Å²) in [5.74, 6) is -2.01. The second kappa shape index (κ2) is 8.46. The van der Waals surface area contributed by atoms with Crippen molar-refractivity contribution in [3.8, 4) is 0 Å². The fraction of sp³-hybridized carbons (Fsp3) is 0.714. The van der Waals surface area contributed by atoms with E-state index in [9.17, 15) is 22.0 Å². The number of alkyl halides is 3. The Balaban J connectivity index is 1.58. The molecule has 1 saturated carbocycles. The molecule has 0 radical (unpaired) electrons. The molecule has 1 nitrogen and oxygen atoms in total. The van der Waals surface area contributed by atoms with Crippen LogP contribution < -0.4 is 0 Å².